The van der Waals surface area contributed by atoms with Crippen molar-refractivity contribution in [2.24, 2.45) is 0 Å². The maximum atomic E-state index is 5.97. The van der Waals surface area contributed by atoms with Crippen molar-refractivity contribution in [2.75, 3.05) is 20.2 Å². The molecule has 0 amide bonds. The van der Waals surface area contributed by atoms with Crippen LogP contribution in [0.3, 0.4) is 0 Å². The molecule has 0 bridgehead atoms. The van der Waals surface area contributed by atoms with E-state index >= 15 is 0 Å². The Morgan fingerprint density at radius 3 is 2.88 bits per heavy atom. The highest BCUT2D eigenvalue weighted by atomic mass is 16.5. The minimum atomic E-state index is 0.513. The second-order valence-corrected chi connectivity index (χ2v) is 6.68. The van der Waals surface area contributed by atoms with Crippen LogP contribution in [0.1, 0.15) is 17.7 Å². The molecule has 4 rings (SSSR count). The van der Waals surface area contributed by atoms with Crippen molar-refractivity contribution in [3.05, 3.63) is 65.9 Å². The summed E-state index contributed by atoms with van der Waals surface area (Å²) in [6, 6.07) is 19.3. The maximum absolute atomic E-state index is 5.97. The third kappa shape index (κ3) is 3.70. The summed E-state index contributed by atoms with van der Waals surface area (Å²) in [5.74, 6) is 1.75. The molecule has 1 fully saturated rings. The van der Waals surface area contributed by atoms with Crippen LogP contribution >= 0.6 is 0 Å². The molecule has 2 heterocycles. The number of hydrogen-bond donors (Lipinski definition) is 1. The number of nitrogens with one attached hydrogen (secondary N) is 1. The molecular weight excluding hydrogens is 312 g/mol. The Morgan fingerprint density at radius 2 is 2.04 bits per heavy atom. The average molecular weight is 336 g/mol. The van der Waals surface area contributed by atoms with E-state index in [0.29, 0.717) is 6.04 Å². The zero-order chi connectivity index (χ0) is 17.1. The van der Waals surface area contributed by atoms with Crippen LogP contribution in [-0.4, -0.2) is 31.1 Å². The first-order chi connectivity index (χ1) is 12.3. The van der Waals surface area contributed by atoms with Crippen LogP contribution in [0.4, 0.5) is 0 Å². The number of nitrogens with zero attached hydrogens (tertiary/aromatic N) is 1. The fraction of sp³-hybridized carbons (Fsp3) is 0.333. The van der Waals surface area contributed by atoms with Gasteiger partial charge in [0.05, 0.1) is 13.7 Å². The number of ether oxygens (including phenoxy) is 1. The van der Waals surface area contributed by atoms with Crippen molar-refractivity contribution in [3.8, 4) is 5.75 Å². The first kappa shape index (κ1) is 16.2. The molecule has 25 heavy (non-hydrogen) atoms. The summed E-state index contributed by atoms with van der Waals surface area (Å²) < 4.78 is 11.3. The fourth-order valence-corrected chi connectivity index (χ4v) is 3.57. The molecule has 4 nitrogen and oxygen atoms in total. The molecular formula is C21H24N2O2. The molecule has 4 heteroatoms. The molecule has 1 N–H and O–H groups in total. The largest absolute Gasteiger partial charge is 0.493 e. The van der Waals surface area contributed by atoms with Gasteiger partial charge in [0, 0.05) is 31.1 Å². The first-order valence-electron chi connectivity index (χ1n) is 8.87. The fourth-order valence-electron chi connectivity index (χ4n) is 3.57. The summed E-state index contributed by atoms with van der Waals surface area (Å²) in [5, 5.41) is 4.73. The molecule has 0 unspecified atom stereocenters. The van der Waals surface area contributed by atoms with E-state index in [9.17, 15) is 0 Å². The molecule has 0 spiro atoms. The highest BCUT2D eigenvalue weighted by Crippen LogP contribution is 2.28. The van der Waals surface area contributed by atoms with Gasteiger partial charge in [-0.1, -0.05) is 42.5 Å². The number of methoxy groups -OCH3 is 1. The van der Waals surface area contributed by atoms with Crippen molar-refractivity contribution in [3.63, 3.8) is 0 Å². The van der Waals surface area contributed by atoms with E-state index in [1.54, 1.807) is 7.11 Å². The van der Waals surface area contributed by atoms with E-state index < -0.39 is 0 Å². The van der Waals surface area contributed by atoms with Crippen molar-refractivity contribution in [2.45, 2.75) is 25.6 Å². The van der Waals surface area contributed by atoms with Crippen LogP contribution in [0.5, 0.6) is 5.75 Å². The Morgan fingerprint density at radius 1 is 1.16 bits per heavy atom. The molecule has 1 saturated heterocycles. The molecule has 1 aromatic heterocycles. The molecule has 130 valence electrons. The van der Waals surface area contributed by atoms with Gasteiger partial charge in [0.25, 0.3) is 0 Å². The molecule has 1 atom stereocenters. The SMILES string of the molecule is COc1cccc2cc(CN[C@H]3CCN(Cc4ccccc4)C3)oc12. The van der Waals surface area contributed by atoms with Gasteiger partial charge >= 0.3 is 0 Å². The van der Waals surface area contributed by atoms with E-state index in [4.69, 9.17) is 9.15 Å². The van der Waals surface area contributed by atoms with Gasteiger partial charge in [0.15, 0.2) is 11.3 Å². The number of para-hydroxylation sites is 1. The minimum Gasteiger partial charge on any atom is -0.493 e. The van der Waals surface area contributed by atoms with Crippen LogP contribution < -0.4 is 10.1 Å². The van der Waals surface area contributed by atoms with Crippen LogP contribution in [0.25, 0.3) is 11.0 Å². The number of furan rings is 1. The van der Waals surface area contributed by atoms with Gasteiger partial charge in [-0.2, -0.15) is 0 Å². The topological polar surface area (TPSA) is 37.6 Å². The normalized spacial score (nSPS) is 18.0. The number of benzene rings is 2. The van der Waals surface area contributed by atoms with E-state index in [1.807, 2.05) is 12.1 Å². The summed E-state index contributed by atoms with van der Waals surface area (Å²) in [6.45, 7) is 4.00. The Kier molecular flexibility index (Phi) is 4.72. The van der Waals surface area contributed by atoms with Crippen molar-refractivity contribution in [1.29, 1.82) is 0 Å². The van der Waals surface area contributed by atoms with Crippen LogP contribution in [0.2, 0.25) is 0 Å². The smallest absolute Gasteiger partial charge is 0.176 e. The third-order valence-corrected chi connectivity index (χ3v) is 4.87. The standard InChI is InChI=1S/C21H24N2O2/c1-24-20-9-5-8-17-12-19(25-21(17)20)13-22-18-10-11-23(15-18)14-16-6-3-2-4-7-16/h2-9,12,18,22H,10-11,13-15H2,1H3/t18-/m0/s1. The van der Waals surface area contributed by atoms with Gasteiger partial charge in [-0.05, 0) is 24.1 Å². The van der Waals surface area contributed by atoms with Crippen molar-refractivity contribution in [1.82, 2.24) is 10.2 Å². The van der Waals surface area contributed by atoms with E-state index in [0.717, 1.165) is 48.7 Å². The Hall–Kier alpha value is -2.30. The van der Waals surface area contributed by atoms with E-state index in [-0.39, 0.29) is 0 Å². The van der Waals surface area contributed by atoms with Gasteiger partial charge in [-0.3, -0.25) is 4.90 Å². The maximum Gasteiger partial charge on any atom is 0.176 e. The molecule has 1 aliphatic heterocycles. The van der Waals surface area contributed by atoms with E-state index in [1.165, 1.54) is 12.0 Å². The Balaban J connectivity index is 1.33. The predicted octanol–water partition coefficient (Wildman–Crippen LogP) is 3.81. The number of likely N-dealkylation sites (tertiary alicyclic amines) is 1. The Labute approximate surface area is 148 Å². The lowest BCUT2D eigenvalue weighted by molar-refractivity contribution is 0.318. The molecule has 0 saturated carbocycles. The monoisotopic (exact) mass is 336 g/mol. The summed E-state index contributed by atoms with van der Waals surface area (Å²) in [6.07, 6.45) is 1.18. The summed E-state index contributed by atoms with van der Waals surface area (Å²) in [4.78, 5) is 2.51. The molecule has 3 aromatic rings. The van der Waals surface area contributed by atoms with Gasteiger partial charge in [-0.25, -0.2) is 0 Å². The van der Waals surface area contributed by atoms with Gasteiger partial charge in [0.2, 0.25) is 0 Å². The van der Waals surface area contributed by atoms with Crippen LogP contribution in [-0.2, 0) is 13.1 Å². The molecule has 1 aliphatic rings. The summed E-state index contributed by atoms with van der Waals surface area (Å²) in [5.41, 5.74) is 2.21. The highest BCUT2D eigenvalue weighted by Gasteiger charge is 2.22. The molecule has 0 aliphatic carbocycles. The minimum absolute atomic E-state index is 0.513. The van der Waals surface area contributed by atoms with Crippen molar-refractivity contribution < 1.29 is 9.15 Å². The molecule has 0 radical (unpaired) electrons. The lowest BCUT2D eigenvalue weighted by atomic mass is 10.2. The summed E-state index contributed by atoms with van der Waals surface area (Å²) >= 11 is 0. The second kappa shape index (κ2) is 7.30. The lowest BCUT2D eigenvalue weighted by Gasteiger charge is -2.16. The predicted molar refractivity (Wildman–Crippen MR) is 99.7 cm³/mol. The third-order valence-electron chi connectivity index (χ3n) is 4.87. The van der Waals surface area contributed by atoms with Gasteiger partial charge < -0.3 is 14.5 Å². The quantitative estimate of drug-likeness (QED) is 0.743. The Bertz CT molecular complexity index is 828. The van der Waals surface area contributed by atoms with Gasteiger partial charge in [0.1, 0.15) is 5.76 Å². The number of hydrogen-bond acceptors (Lipinski definition) is 4. The van der Waals surface area contributed by atoms with E-state index in [2.05, 4.69) is 52.7 Å². The molecule has 2 aromatic carbocycles. The highest BCUT2D eigenvalue weighted by molar-refractivity contribution is 5.83. The zero-order valence-corrected chi connectivity index (χ0v) is 14.6. The first-order valence-corrected chi connectivity index (χ1v) is 8.87. The van der Waals surface area contributed by atoms with Crippen LogP contribution in [0, 0.1) is 0 Å². The average Bonchev–Trinajstić information content (AvgIpc) is 3.26. The lowest BCUT2D eigenvalue weighted by Crippen LogP contribution is -2.31. The number of rotatable bonds is 6. The number of fused-ring (bicyclic) bond motifs is 1. The van der Waals surface area contributed by atoms with Crippen LogP contribution in [0.15, 0.2) is 59.0 Å². The zero-order valence-electron chi connectivity index (χ0n) is 14.6. The summed E-state index contributed by atoms with van der Waals surface area (Å²) in [7, 11) is 1.68. The van der Waals surface area contributed by atoms with Gasteiger partial charge in [-0.15, -0.1) is 0 Å². The second-order valence-electron chi connectivity index (χ2n) is 6.68. The van der Waals surface area contributed by atoms with Crippen molar-refractivity contribution >= 4 is 11.0 Å².